The number of phenolic OH excluding ortho intramolecular Hbond substituents is 3. The fraction of sp³-hybridized carbons (Fsp3) is 0.235. The molecule has 5 N–H and O–H groups in total. The second-order valence-corrected chi connectivity index (χ2v) is 8.77. The molecule has 0 aliphatic heterocycles. The summed E-state index contributed by atoms with van der Waals surface area (Å²) in [6.07, 6.45) is 1.59. The summed E-state index contributed by atoms with van der Waals surface area (Å²) in [5.41, 5.74) is 0.606. The molecule has 0 aliphatic carbocycles. The van der Waals surface area contributed by atoms with Crippen molar-refractivity contribution < 1.29 is 41.5 Å². The van der Waals surface area contributed by atoms with E-state index in [1.165, 1.54) is 6.07 Å². The number of benzene rings is 2. The van der Waals surface area contributed by atoms with E-state index in [2.05, 4.69) is 74.0 Å². The average molecular weight is 735 g/mol. The number of nitrogens with one attached hydrogen (secondary N) is 1. The zero-order valence-electron chi connectivity index (χ0n) is 15.1. The van der Waals surface area contributed by atoms with Crippen molar-refractivity contribution in [2.24, 2.45) is 4.99 Å². The third-order valence-electron chi connectivity index (χ3n) is 3.14. The predicted octanol–water partition coefficient (Wildman–Crippen LogP) is 5.07. The predicted molar refractivity (Wildman–Crippen MR) is 127 cm³/mol. The van der Waals surface area contributed by atoms with E-state index in [1.807, 2.05) is 0 Å². The van der Waals surface area contributed by atoms with E-state index >= 15 is 0 Å². The normalized spacial score (nSPS) is 10.2. The Kier molecular flexibility index (Phi) is 16.6. The Labute approximate surface area is 221 Å². The van der Waals surface area contributed by atoms with Crippen LogP contribution in [0.4, 0.5) is 0 Å². The van der Waals surface area contributed by atoms with Crippen molar-refractivity contribution in [3.8, 4) is 17.2 Å². The quantitative estimate of drug-likeness (QED) is 0.0930. The Hall–Kier alpha value is 0.0244. The maximum absolute atomic E-state index is 9.48. The van der Waals surface area contributed by atoms with Crippen molar-refractivity contribution in [1.82, 2.24) is 5.32 Å². The molecule has 7 nitrogen and oxygen atoms in total. The third-order valence-corrected chi connectivity index (χ3v) is 8.11. The summed E-state index contributed by atoms with van der Waals surface area (Å²) in [7, 11) is 0. The molecule has 0 saturated heterocycles. The molecule has 0 aromatic heterocycles. The molecule has 0 aliphatic rings. The Morgan fingerprint density at radius 3 is 2.00 bits per heavy atom. The number of hydrogen-bond acceptors (Lipinski definition) is 7. The van der Waals surface area contributed by atoms with Crippen LogP contribution in [0.2, 0.25) is 5.02 Å². The van der Waals surface area contributed by atoms with Gasteiger partial charge >= 0.3 is 21.0 Å². The number of aliphatic imine (C=N–C) groups is 1. The molecule has 165 valence electrons. The van der Waals surface area contributed by atoms with Crippen molar-refractivity contribution in [3.05, 3.63) is 46.7 Å². The zero-order chi connectivity index (χ0) is 23.3. The van der Waals surface area contributed by atoms with Gasteiger partial charge < -0.3 is 25.7 Å². The Bertz CT molecular complexity index is 756. The molecule has 13 heteroatoms. The minimum absolute atomic E-state index is 0.124. The average Bonchev–Trinajstić information content (AvgIpc) is 2.76. The van der Waals surface area contributed by atoms with E-state index in [0.717, 1.165) is 17.4 Å². The van der Waals surface area contributed by atoms with E-state index in [1.54, 1.807) is 18.3 Å². The van der Waals surface area contributed by atoms with Crippen LogP contribution >= 0.6 is 75.3 Å². The number of aliphatic hydroxyl groups is 1. The molecule has 0 spiro atoms. The van der Waals surface area contributed by atoms with Gasteiger partial charge in [-0.25, -0.2) is 0 Å². The van der Waals surface area contributed by atoms with Crippen molar-refractivity contribution >= 4 is 81.5 Å². The number of rotatable bonds is 6. The van der Waals surface area contributed by atoms with Gasteiger partial charge in [-0.15, -0.1) is 0 Å². The molecule has 0 radical (unpaired) electrons. The molecule has 0 fully saturated rings. The van der Waals surface area contributed by atoms with Gasteiger partial charge in [-0.05, 0) is 81.9 Å². The number of aromatic hydroxyl groups is 3. The van der Waals surface area contributed by atoms with E-state index in [4.69, 9.17) is 20.4 Å². The molecular formula is C17H17Br4ClN2O5V. The molecule has 30 heavy (non-hydrogen) atoms. The number of phenols is 3. The first-order valence-electron chi connectivity index (χ1n) is 7.92. The van der Waals surface area contributed by atoms with Gasteiger partial charge in [0.1, 0.15) is 5.75 Å². The van der Waals surface area contributed by atoms with Crippen LogP contribution in [-0.4, -0.2) is 52.9 Å². The van der Waals surface area contributed by atoms with E-state index in [0.29, 0.717) is 48.1 Å². The van der Waals surface area contributed by atoms with Gasteiger partial charge in [-0.2, -0.15) is 0 Å². The first-order valence-corrected chi connectivity index (χ1v) is 12.0. The molecular weight excluding hydrogens is 718 g/mol. The van der Waals surface area contributed by atoms with Gasteiger partial charge in [0.15, 0.2) is 11.5 Å². The fourth-order valence-corrected chi connectivity index (χ4v) is 4.00. The van der Waals surface area contributed by atoms with Gasteiger partial charge in [-0.1, -0.05) is 11.6 Å². The fourth-order valence-electron chi connectivity index (χ4n) is 1.75. The second-order valence-electron chi connectivity index (χ2n) is 5.17. The Balaban J connectivity index is 0.000000535. The van der Waals surface area contributed by atoms with Crippen LogP contribution in [-0.2, 0) is 21.0 Å². The van der Waals surface area contributed by atoms with E-state index in [-0.39, 0.29) is 23.9 Å². The summed E-state index contributed by atoms with van der Waals surface area (Å²) in [6, 6.07) is 4.81. The molecule has 2 aromatic rings. The summed E-state index contributed by atoms with van der Waals surface area (Å²) in [5, 5.41) is 40.2. The van der Waals surface area contributed by atoms with Crippen LogP contribution in [0.15, 0.2) is 41.1 Å². The van der Waals surface area contributed by atoms with Gasteiger partial charge in [0.05, 0.1) is 31.0 Å². The van der Waals surface area contributed by atoms with Crippen LogP contribution in [0, 0.1) is 0 Å². The topological polar surface area (TPSA) is 122 Å². The first kappa shape index (κ1) is 30.0. The summed E-state index contributed by atoms with van der Waals surface area (Å²) in [6.45, 7) is 1.97. The third kappa shape index (κ3) is 10.1. The van der Waals surface area contributed by atoms with Crippen LogP contribution < -0.4 is 5.32 Å². The van der Waals surface area contributed by atoms with Gasteiger partial charge in [-0.3, -0.25) is 4.99 Å². The maximum atomic E-state index is 9.48. The molecule has 0 unspecified atom stereocenters. The van der Waals surface area contributed by atoms with Crippen molar-refractivity contribution in [3.63, 3.8) is 0 Å². The Morgan fingerprint density at radius 1 is 0.967 bits per heavy atom. The van der Waals surface area contributed by atoms with Crippen LogP contribution in [0.25, 0.3) is 0 Å². The molecule has 0 amide bonds. The number of halogens is 5. The van der Waals surface area contributed by atoms with E-state index in [9.17, 15) is 15.3 Å². The molecule has 2 aromatic carbocycles. The Morgan fingerprint density at radius 2 is 1.50 bits per heavy atom. The summed E-state index contributed by atoms with van der Waals surface area (Å²) in [4.78, 5) is 4.13. The van der Waals surface area contributed by atoms with Gasteiger partial charge in [0.2, 0.25) is 0 Å². The minimum atomic E-state index is -0.197. The molecule has 0 bridgehead atoms. The molecule has 0 atom stereocenters. The van der Waals surface area contributed by atoms with Crippen molar-refractivity contribution in [1.29, 1.82) is 0 Å². The van der Waals surface area contributed by atoms with Crippen LogP contribution in [0.1, 0.15) is 5.56 Å². The second kappa shape index (κ2) is 16.6. The number of hydrogen-bond donors (Lipinski definition) is 5. The SMILES string of the molecule is OCCNCCN=Cc1cc(Cl)ccc1O.Oc1c(O)c(Br)c(Br)c(Br)c1Br.[O]=[V]. The standard InChI is InChI=1S/C11H15ClN2O2.C6H2Br4O2.O.V/c12-10-1-2-11(16)9(7-10)8-14-4-3-13-5-6-15;7-1-2(8)4(10)6(12)5(11)3(1)9;;/h1-2,7-8,13,15-16H,3-6H2;11-12H;;. The number of aliphatic hydroxyl groups excluding tert-OH is 1. The summed E-state index contributed by atoms with van der Waals surface area (Å²) < 4.78 is 10.3. The van der Waals surface area contributed by atoms with Crippen molar-refractivity contribution in [2.75, 3.05) is 26.2 Å². The molecule has 2 rings (SSSR count). The first-order chi connectivity index (χ1) is 14.2. The zero-order valence-corrected chi connectivity index (χ0v) is 23.6. The van der Waals surface area contributed by atoms with Gasteiger partial charge in [0, 0.05) is 29.9 Å². The summed E-state index contributed by atoms with van der Waals surface area (Å²) >= 11 is 19.5. The summed E-state index contributed by atoms with van der Waals surface area (Å²) in [5.74, 6) is -0.231. The van der Waals surface area contributed by atoms with E-state index < -0.39 is 0 Å². The monoisotopic (exact) mass is 731 g/mol. The van der Waals surface area contributed by atoms with Gasteiger partial charge in [0.25, 0.3) is 0 Å². The number of nitrogens with zero attached hydrogens (tertiary/aromatic N) is 1. The van der Waals surface area contributed by atoms with Crippen LogP contribution in [0.3, 0.4) is 0 Å². The van der Waals surface area contributed by atoms with Crippen LogP contribution in [0.5, 0.6) is 17.2 Å². The molecule has 0 saturated carbocycles. The molecule has 0 heterocycles. The van der Waals surface area contributed by atoms with Crippen molar-refractivity contribution in [2.45, 2.75) is 0 Å².